The second-order valence-corrected chi connectivity index (χ2v) is 7.12. The van der Waals surface area contributed by atoms with Crippen molar-refractivity contribution in [1.29, 1.82) is 0 Å². The lowest BCUT2D eigenvalue weighted by atomic mass is 10.1. The molecule has 1 aromatic heterocycles. The van der Waals surface area contributed by atoms with E-state index in [1.54, 1.807) is 11.8 Å². The number of fused-ring (bicyclic) bond motifs is 1. The number of thiophene rings is 1. The number of carbonyl (C=O) groups excluding carboxylic acids is 1. The van der Waals surface area contributed by atoms with Crippen LogP contribution in [0.3, 0.4) is 0 Å². The summed E-state index contributed by atoms with van der Waals surface area (Å²) in [6, 6.07) is 4.21. The Hall–Kier alpha value is -1.40. The maximum Gasteiger partial charge on any atom is 0.260 e. The number of nitrogen functional groups attached to an aromatic ring is 1. The van der Waals surface area contributed by atoms with Gasteiger partial charge in [0, 0.05) is 28.1 Å². The SMILES string of the molecule is CSc1c(N2CCCCC2)ccc2sc(C(N)=O)c(N)c12. The molecule has 4 nitrogen and oxygen atoms in total. The maximum atomic E-state index is 11.5. The van der Waals surface area contributed by atoms with Crippen LogP contribution >= 0.6 is 23.1 Å². The number of thioether (sulfide) groups is 1. The Labute approximate surface area is 132 Å². The molecule has 0 bridgehead atoms. The molecule has 0 atom stereocenters. The number of carbonyl (C=O) groups is 1. The third kappa shape index (κ3) is 2.46. The Morgan fingerprint density at radius 1 is 1.29 bits per heavy atom. The molecule has 2 aromatic rings. The highest BCUT2D eigenvalue weighted by Crippen LogP contribution is 2.44. The van der Waals surface area contributed by atoms with Gasteiger partial charge in [0.25, 0.3) is 5.91 Å². The summed E-state index contributed by atoms with van der Waals surface area (Å²) >= 11 is 3.08. The molecule has 4 N–H and O–H groups in total. The van der Waals surface area contributed by atoms with Crippen LogP contribution in [0.25, 0.3) is 10.1 Å². The largest absolute Gasteiger partial charge is 0.397 e. The first-order valence-electron chi connectivity index (χ1n) is 7.07. The number of primary amides is 1. The minimum atomic E-state index is -0.444. The topological polar surface area (TPSA) is 72.3 Å². The van der Waals surface area contributed by atoms with E-state index < -0.39 is 5.91 Å². The third-order valence-electron chi connectivity index (χ3n) is 3.95. The van der Waals surface area contributed by atoms with Gasteiger partial charge >= 0.3 is 0 Å². The van der Waals surface area contributed by atoms with Gasteiger partial charge in [0.2, 0.25) is 0 Å². The molecule has 0 radical (unpaired) electrons. The van der Waals surface area contributed by atoms with Crippen molar-refractivity contribution in [2.45, 2.75) is 24.2 Å². The van der Waals surface area contributed by atoms with E-state index in [1.807, 2.05) is 0 Å². The van der Waals surface area contributed by atoms with Crippen molar-refractivity contribution in [2.24, 2.45) is 5.73 Å². The van der Waals surface area contributed by atoms with E-state index in [0.717, 1.165) is 28.1 Å². The quantitative estimate of drug-likeness (QED) is 0.851. The average Bonchev–Trinajstić information content (AvgIpc) is 2.85. The molecule has 0 unspecified atom stereocenters. The minimum absolute atomic E-state index is 0.444. The Morgan fingerprint density at radius 3 is 2.62 bits per heavy atom. The standard InChI is InChI=1S/C15H19N3OS2/c1-20-13-9(18-7-3-2-4-8-18)5-6-10-11(13)12(16)14(21-10)15(17)19/h5-6H,2-4,7-8,16H2,1H3,(H2,17,19). The fraction of sp³-hybridized carbons (Fsp3) is 0.400. The zero-order chi connectivity index (χ0) is 15.0. The molecular weight excluding hydrogens is 302 g/mol. The van der Waals surface area contributed by atoms with Crippen LogP contribution in [0.15, 0.2) is 17.0 Å². The highest BCUT2D eigenvalue weighted by Gasteiger charge is 2.21. The Balaban J connectivity index is 2.18. The maximum absolute atomic E-state index is 11.5. The minimum Gasteiger partial charge on any atom is -0.397 e. The van der Waals surface area contributed by atoms with E-state index in [0.29, 0.717) is 10.6 Å². The molecule has 1 aliphatic rings. The first-order valence-corrected chi connectivity index (χ1v) is 9.11. The van der Waals surface area contributed by atoms with Gasteiger partial charge in [0.1, 0.15) is 4.88 Å². The first-order chi connectivity index (χ1) is 10.1. The lowest BCUT2D eigenvalue weighted by Gasteiger charge is -2.30. The van der Waals surface area contributed by atoms with Gasteiger partial charge in [0.05, 0.1) is 11.4 Å². The summed E-state index contributed by atoms with van der Waals surface area (Å²) in [5, 5.41) is 0.990. The summed E-state index contributed by atoms with van der Waals surface area (Å²) in [6.45, 7) is 2.18. The lowest BCUT2D eigenvalue weighted by Crippen LogP contribution is -2.29. The molecule has 3 rings (SSSR count). The van der Waals surface area contributed by atoms with Crippen molar-refractivity contribution in [2.75, 3.05) is 30.0 Å². The van der Waals surface area contributed by atoms with Crippen molar-refractivity contribution < 1.29 is 4.79 Å². The van der Waals surface area contributed by atoms with Gasteiger partial charge in [0.15, 0.2) is 0 Å². The molecule has 1 saturated heterocycles. The smallest absolute Gasteiger partial charge is 0.260 e. The molecule has 112 valence electrons. The first kappa shape index (κ1) is 14.5. The molecular formula is C15H19N3OS2. The molecule has 0 saturated carbocycles. The van der Waals surface area contributed by atoms with Crippen LogP contribution in [0.4, 0.5) is 11.4 Å². The number of nitrogens with two attached hydrogens (primary N) is 2. The molecule has 21 heavy (non-hydrogen) atoms. The van der Waals surface area contributed by atoms with E-state index in [-0.39, 0.29) is 0 Å². The Bertz CT molecular complexity index is 690. The van der Waals surface area contributed by atoms with Gasteiger partial charge in [-0.05, 0) is 37.7 Å². The molecule has 0 aliphatic carbocycles. The number of hydrogen-bond acceptors (Lipinski definition) is 5. The van der Waals surface area contributed by atoms with Crippen molar-refractivity contribution in [3.05, 3.63) is 17.0 Å². The Kier molecular flexibility index (Phi) is 3.99. The fourth-order valence-corrected chi connectivity index (χ4v) is 4.82. The van der Waals surface area contributed by atoms with Crippen LogP contribution in [-0.4, -0.2) is 25.3 Å². The van der Waals surface area contributed by atoms with Crippen LogP contribution in [-0.2, 0) is 0 Å². The monoisotopic (exact) mass is 321 g/mol. The van der Waals surface area contributed by atoms with E-state index in [1.165, 1.54) is 36.3 Å². The summed E-state index contributed by atoms with van der Waals surface area (Å²) < 4.78 is 1.03. The number of amides is 1. The average molecular weight is 321 g/mol. The number of benzene rings is 1. The summed E-state index contributed by atoms with van der Waals surface area (Å²) in [5.41, 5.74) is 13.4. The van der Waals surface area contributed by atoms with Crippen molar-refractivity contribution in [1.82, 2.24) is 0 Å². The predicted octanol–water partition coefficient (Wildman–Crippen LogP) is 3.29. The Morgan fingerprint density at radius 2 is 2.00 bits per heavy atom. The summed E-state index contributed by atoms with van der Waals surface area (Å²) in [7, 11) is 0. The molecule has 1 aliphatic heterocycles. The van der Waals surface area contributed by atoms with E-state index in [9.17, 15) is 4.79 Å². The highest BCUT2D eigenvalue weighted by atomic mass is 32.2. The van der Waals surface area contributed by atoms with Gasteiger partial charge in [-0.25, -0.2) is 0 Å². The summed E-state index contributed by atoms with van der Waals surface area (Å²) in [6.07, 6.45) is 5.83. The van der Waals surface area contributed by atoms with Crippen LogP contribution in [0.5, 0.6) is 0 Å². The van der Waals surface area contributed by atoms with Gasteiger partial charge in [-0.2, -0.15) is 0 Å². The van der Waals surface area contributed by atoms with Crippen LogP contribution in [0.1, 0.15) is 28.9 Å². The number of rotatable bonds is 3. The zero-order valence-corrected chi connectivity index (χ0v) is 13.6. The number of piperidine rings is 1. The van der Waals surface area contributed by atoms with Gasteiger partial charge < -0.3 is 16.4 Å². The zero-order valence-electron chi connectivity index (χ0n) is 12.0. The molecule has 1 aromatic carbocycles. The third-order valence-corrected chi connectivity index (χ3v) is 5.96. The summed E-state index contributed by atoms with van der Waals surface area (Å²) in [5.74, 6) is -0.444. The van der Waals surface area contributed by atoms with Crippen molar-refractivity contribution >= 4 is 50.5 Å². The fourth-order valence-electron chi connectivity index (χ4n) is 2.95. The molecule has 2 heterocycles. The molecule has 0 spiro atoms. The molecule has 1 amide bonds. The molecule has 6 heteroatoms. The van der Waals surface area contributed by atoms with E-state index in [4.69, 9.17) is 11.5 Å². The number of anilines is 2. The van der Waals surface area contributed by atoms with Crippen LogP contribution < -0.4 is 16.4 Å². The van der Waals surface area contributed by atoms with Crippen molar-refractivity contribution in [3.63, 3.8) is 0 Å². The van der Waals surface area contributed by atoms with E-state index in [2.05, 4.69) is 23.3 Å². The van der Waals surface area contributed by atoms with Gasteiger partial charge in [-0.1, -0.05) is 0 Å². The van der Waals surface area contributed by atoms with Crippen molar-refractivity contribution in [3.8, 4) is 0 Å². The lowest BCUT2D eigenvalue weighted by molar-refractivity contribution is 0.100. The van der Waals surface area contributed by atoms with Gasteiger partial charge in [-0.15, -0.1) is 23.1 Å². The summed E-state index contributed by atoms with van der Waals surface area (Å²) in [4.78, 5) is 15.6. The number of nitrogens with zero attached hydrogens (tertiary/aromatic N) is 1. The van der Waals surface area contributed by atoms with E-state index >= 15 is 0 Å². The van der Waals surface area contributed by atoms with Crippen LogP contribution in [0, 0.1) is 0 Å². The second kappa shape index (κ2) is 5.77. The van der Waals surface area contributed by atoms with Crippen LogP contribution in [0.2, 0.25) is 0 Å². The number of hydrogen-bond donors (Lipinski definition) is 2. The normalized spacial score (nSPS) is 15.6. The highest BCUT2D eigenvalue weighted by molar-refractivity contribution is 7.99. The van der Waals surface area contributed by atoms with Gasteiger partial charge in [-0.3, -0.25) is 4.79 Å². The second-order valence-electron chi connectivity index (χ2n) is 5.25. The molecule has 1 fully saturated rings. The predicted molar refractivity (Wildman–Crippen MR) is 92.6 cm³/mol.